The number of morpholine rings is 1. The zero-order valence-corrected chi connectivity index (χ0v) is 24.6. The predicted octanol–water partition coefficient (Wildman–Crippen LogP) is 4.20. The number of anilines is 2. The van der Waals surface area contributed by atoms with E-state index in [1.807, 2.05) is 65.0 Å². The Hall–Kier alpha value is -3.98. The van der Waals surface area contributed by atoms with Crippen LogP contribution in [0.1, 0.15) is 58.2 Å². The quantitative estimate of drug-likeness (QED) is 0.430. The molecule has 41 heavy (non-hydrogen) atoms. The Bertz CT molecular complexity index is 1540. The van der Waals surface area contributed by atoms with E-state index in [0.717, 1.165) is 71.1 Å². The van der Waals surface area contributed by atoms with Crippen LogP contribution in [0.2, 0.25) is 0 Å². The van der Waals surface area contributed by atoms with Crippen molar-refractivity contribution in [1.29, 1.82) is 0 Å². The van der Waals surface area contributed by atoms with Gasteiger partial charge in [-0.15, -0.1) is 0 Å². The molecule has 216 valence electrons. The second-order valence-corrected chi connectivity index (χ2v) is 11.1. The third-order valence-corrected chi connectivity index (χ3v) is 8.06. The highest BCUT2D eigenvalue weighted by atomic mass is 16.5. The van der Waals surface area contributed by atoms with Crippen LogP contribution in [0.3, 0.4) is 0 Å². The summed E-state index contributed by atoms with van der Waals surface area (Å²) in [6, 6.07) is 9.81. The number of hydrogen-bond acceptors (Lipinski definition) is 6. The number of aromatic nitrogens is 2. The van der Waals surface area contributed by atoms with Gasteiger partial charge in [0, 0.05) is 65.9 Å². The molecule has 1 aromatic carbocycles. The molecule has 2 amide bonds. The van der Waals surface area contributed by atoms with Crippen molar-refractivity contribution >= 4 is 23.3 Å². The number of rotatable bonds is 8. The highest BCUT2D eigenvalue weighted by Gasteiger charge is 2.34. The predicted molar refractivity (Wildman–Crippen MR) is 161 cm³/mol. The molecule has 0 radical (unpaired) electrons. The molecule has 9 heteroatoms. The van der Waals surface area contributed by atoms with Crippen LogP contribution in [0.25, 0.3) is 11.1 Å². The lowest BCUT2D eigenvalue weighted by Crippen LogP contribution is -2.36. The van der Waals surface area contributed by atoms with Crippen molar-refractivity contribution in [3.8, 4) is 11.1 Å². The molecular formula is C32H39N5O4. The van der Waals surface area contributed by atoms with Gasteiger partial charge >= 0.3 is 0 Å². The van der Waals surface area contributed by atoms with Gasteiger partial charge in [-0.2, -0.15) is 0 Å². The summed E-state index contributed by atoms with van der Waals surface area (Å²) in [5.41, 5.74) is 6.41. The van der Waals surface area contributed by atoms with Crippen molar-refractivity contribution in [2.45, 2.75) is 54.0 Å². The topological polar surface area (TPSA) is 108 Å². The third kappa shape index (κ3) is 6.05. The van der Waals surface area contributed by atoms with Gasteiger partial charge in [0.2, 0.25) is 5.91 Å². The summed E-state index contributed by atoms with van der Waals surface area (Å²) >= 11 is 0. The number of benzene rings is 1. The van der Waals surface area contributed by atoms with E-state index in [1.54, 1.807) is 4.90 Å². The largest absolute Gasteiger partial charge is 0.378 e. The maximum Gasteiger partial charge on any atom is 0.253 e. The fourth-order valence-corrected chi connectivity index (χ4v) is 5.55. The summed E-state index contributed by atoms with van der Waals surface area (Å²) in [6.45, 7) is 13.1. The normalized spacial score (nSPS) is 15.1. The Morgan fingerprint density at radius 1 is 1.10 bits per heavy atom. The molecule has 2 fully saturated rings. The maximum absolute atomic E-state index is 13.7. The van der Waals surface area contributed by atoms with E-state index in [1.165, 1.54) is 0 Å². The molecule has 1 saturated carbocycles. The van der Waals surface area contributed by atoms with Crippen LogP contribution < -0.4 is 20.7 Å². The lowest BCUT2D eigenvalue weighted by Gasteiger charge is -2.28. The molecule has 0 spiro atoms. The van der Waals surface area contributed by atoms with Gasteiger partial charge in [-0.25, -0.2) is 4.98 Å². The average molecular weight is 558 g/mol. The molecule has 1 aliphatic carbocycles. The first kappa shape index (κ1) is 28.5. The van der Waals surface area contributed by atoms with Crippen LogP contribution >= 0.6 is 0 Å². The summed E-state index contributed by atoms with van der Waals surface area (Å²) < 4.78 is 5.49. The SMILES string of the molecule is CCN(C(=O)C1CC1)c1cc(-c2ccc(N3CCOCC3)nc2C)cc(C(=O)NCc2c(C)cc(C)[nH]c2=O)c1C. The first-order chi connectivity index (χ1) is 19.7. The minimum atomic E-state index is -0.296. The first-order valence-corrected chi connectivity index (χ1v) is 14.4. The molecular weight excluding hydrogens is 518 g/mol. The Balaban J connectivity index is 1.53. The van der Waals surface area contributed by atoms with Gasteiger partial charge in [0.05, 0.1) is 13.2 Å². The van der Waals surface area contributed by atoms with Crippen LogP contribution in [0.5, 0.6) is 0 Å². The van der Waals surface area contributed by atoms with Crippen molar-refractivity contribution in [1.82, 2.24) is 15.3 Å². The van der Waals surface area contributed by atoms with Crippen molar-refractivity contribution in [2.75, 3.05) is 42.6 Å². The highest BCUT2D eigenvalue weighted by Crippen LogP contribution is 2.37. The molecule has 5 rings (SSSR count). The number of carbonyl (C=O) groups is 2. The third-order valence-electron chi connectivity index (χ3n) is 8.06. The summed E-state index contributed by atoms with van der Waals surface area (Å²) in [4.78, 5) is 51.2. The van der Waals surface area contributed by atoms with Gasteiger partial charge in [-0.05, 0) is 94.5 Å². The Morgan fingerprint density at radius 2 is 1.83 bits per heavy atom. The van der Waals surface area contributed by atoms with E-state index in [4.69, 9.17) is 9.72 Å². The standard InChI is InChI=1S/C32H39N5O4/c1-6-37(32(40)23-7-8-23)28-17-24(25-9-10-29(35-22(25)5)36-11-13-41-14-12-36)16-26(21(28)4)30(38)33-18-27-19(2)15-20(3)34-31(27)39/h9-10,15-17,23H,6-8,11-14,18H2,1-5H3,(H,33,38)(H,34,39). The summed E-state index contributed by atoms with van der Waals surface area (Å²) in [6.07, 6.45) is 1.80. The lowest BCUT2D eigenvalue weighted by molar-refractivity contribution is -0.119. The van der Waals surface area contributed by atoms with Crippen LogP contribution in [0.15, 0.2) is 35.1 Å². The van der Waals surface area contributed by atoms with Crippen LogP contribution in [0.4, 0.5) is 11.5 Å². The number of aromatic amines is 1. The number of nitrogens with zero attached hydrogens (tertiary/aromatic N) is 3. The molecule has 2 aliphatic rings. The van der Waals surface area contributed by atoms with Crippen LogP contribution in [0, 0.1) is 33.6 Å². The number of aryl methyl sites for hydroxylation is 3. The minimum absolute atomic E-state index is 0.0442. The van der Waals surface area contributed by atoms with Gasteiger partial charge in [0.15, 0.2) is 0 Å². The van der Waals surface area contributed by atoms with Crippen LogP contribution in [-0.2, 0) is 16.1 Å². The Labute approximate surface area is 240 Å². The molecule has 1 saturated heterocycles. The smallest absolute Gasteiger partial charge is 0.253 e. The summed E-state index contributed by atoms with van der Waals surface area (Å²) in [5.74, 6) is 0.745. The number of hydrogen-bond donors (Lipinski definition) is 2. The van der Waals surface area contributed by atoms with E-state index in [9.17, 15) is 14.4 Å². The second kappa shape index (κ2) is 11.9. The number of carbonyl (C=O) groups excluding carboxylic acids is 2. The zero-order valence-electron chi connectivity index (χ0n) is 24.6. The number of amides is 2. The summed E-state index contributed by atoms with van der Waals surface area (Å²) in [5, 5.41) is 2.95. The molecule has 9 nitrogen and oxygen atoms in total. The monoisotopic (exact) mass is 557 g/mol. The van der Waals surface area contributed by atoms with Gasteiger partial charge in [-0.3, -0.25) is 14.4 Å². The first-order valence-electron chi connectivity index (χ1n) is 14.4. The van der Waals surface area contributed by atoms with E-state index in [0.29, 0.717) is 30.9 Å². The molecule has 0 unspecified atom stereocenters. The number of nitrogens with one attached hydrogen (secondary N) is 2. The van der Waals surface area contributed by atoms with E-state index < -0.39 is 0 Å². The molecule has 3 heterocycles. The van der Waals surface area contributed by atoms with Crippen molar-refractivity contribution in [2.24, 2.45) is 5.92 Å². The average Bonchev–Trinajstić information content (AvgIpc) is 3.80. The minimum Gasteiger partial charge on any atom is -0.378 e. The van der Waals surface area contributed by atoms with E-state index in [2.05, 4.69) is 15.2 Å². The molecule has 0 bridgehead atoms. The molecule has 3 aromatic rings. The van der Waals surface area contributed by atoms with Crippen LogP contribution in [-0.4, -0.2) is 54.6 Å². The number of ether oxygens (including phenoxy) is 1. The maximum atomic E-state index is 13.7. The second-order valence-electron chi connectivity index (χ2n) is 11.1. The molecule has 1 aliphatic heterocycles. The summed E-state index contributed by atoms with van der Waals surface area (Å²) in [7, 11) is 0. The number of pyridine rings is 2. The van der Waals surface area contributed by atoms with E-state index >= 15 is 0 Å². The van der Waals surface area contributed by atoms with Gasteiger partial charge in [0.1, 0.15) is 5.82 Å². The van der Waals surface area contributed by atoms with Gasteiger partial charge in [-0.1, -0.05) is 0 Å². The van der Waals surface area contributed by atoms with Crippen molar-refractivity contribution in [3.63, 3.8) is 0 Å². The van der Waals surface area contributed by atoms with Crippen molar-refractivity contribution in [3.05, 3.63) is 74.3 Å². The van der Waals surface area contributed by atoms with Gasteiger partial charge < -0.3 is 24.8 Å². The fraction of sp³-hybridized carbons (Fsp3) is 0.438. The van der Waals surface area contributed by atoms with Crippen molar-refractivity contribution < 1.29 is 14.3 Å². The molecule has 2 aromatic heterocycles. The Morgan fingerprint density at radius 3 is 2.46 bits per heavy atom. The Kier molecular flexibility index (Phi) is 8.26. The highest BCUT2D eigenvalue weighted by molar-refractivity contribution is 6.03. The molecule has 0 atom stereocenters. The molecule has 2 N–H and O–H groups in total. The zero-order chi connectivity index (χ0) is 29.3. The number of H-pyrrole nitrogens is 1. The van der Waals surface area contributed by atoms with Gasteiger partial charge in [0.25, 0.3) is 11.5 Å². The fourth-order valence-electron chi connectivity index (χ4n) is 5.55. The van der Waals surface area contributed by atoms with E-state index in [-0.39, 0.29) is 29.8 Å². The lowest BCUT2D eigenvalue weighted by atomic mass is 9.95.